The van der Waals surface area contributed by atoms with Gasteiger partial charge in [-0.1, -0.05) is 0 Å². The number of hydrogen-bond acceptors (Lipinski definition) is 4. The van der Waals surface area contributed by atoms with E-state index in [0.717, 1.165) is 0 Å². The summed E-state index contributed by atoms with van der Waals surface area (Å²) in [6, 6.07) is 1.73. The topological polar surface area (TPSA) is 70.7 Å². The second-order valence-corrected chi connectivity index (χ2v) is 2.39. The van der Waals surface area contributed by atoms with Crippen molar-refractivity contribution < 1.29 is 10.0 Å². The summed E-state index contributed by atoms with van der Waals surface area (Å²) in [6.07, 6.45) is 4.52. The Labute approximate surface area is 68.4 Å². The lowest BCUT2D eigenvalue weighted by Crippen LogP contribution is -2.31. The molecule has 5 nitrogen and oxygen atoms in total. The molecule has 0 amide bonds. The highest BCUT2D eigenvalue weighted by atomic mass is 16.4. The first-order valence-corrected chi connectivity index (χ1v) is 3.43. The molecule has 0 atom stereocenters. The van der Waals surface area contributed by atoms with Gasteiger partial charge in [-0.15, -0.1) is 0 Å². The highest BCUT2D eigenvalue weighted by Crippen LogP contribution is 1.93. The maximum Gasteiger partial charge on any atom is 0.491 e. The maximum atomic E-state index is 8.80. The molecule has 2 heterocycles. The summed E-state index contributed by atoms with van der Waals surface area (Å²) in [6.45, 7) is 0. The molecule has 60 valence electrons. The first-order valence-electron chi connectivity index (χ1n) is 3.43. The molecule has 0 unspecified atom stereocenters. The van der Waals surface area contributed by atoms with Gasteiger partial charge in [-0.3, -0.25) is 0 Å². The summed E-state index contributed by atoms with van der Waals surface area (Å²) in [5.74, 6) is 0. The van der Waals surface area contributed by atoms with Crippen molar-refractivity contribution in [2.24, 2.45) is 0 Å². The molecule has 6 heteroatoms. The second-order valence-electron chi connectivity index (χ2n) is 2.39. The van der Waals surface area contributed by atoms with Crippen molar-refractivity contribution in [1.29, 1.82) is 0 Å². The van der Waals surface area contributed by atoms with Gasteiger partial charge in [-0.05, 0) is 0 Å². The largest absolute Gasteiger partial charge is 0.491 e. The Hall–Kier alpha value is -1.40. The minimum atomic E-state index is -1.49. The monoisotopic (exact) mass is 163 g/mol. The highest BCUT2D eigenvalue weighted by molar-refractivity contribution is 6.58. The summed E-state index contributed by atoms with van der Waals surface area (Å²) in [7, 11) is -1.49. The van der Waals surface area contributed by atoms with E-state index in [1.54, 1.807) is 12.3 Å². The third-order valence-corrected chi connectivity index (χ3v) is 1.56. The molecule has 0 aliphatic carbocycles. The van der Waals surface area contributed by atoms with Crippen LogP contribution in [0.2, 0.25) is 0 Å². The summed E-state index contributed by atoms with van der Waals surface area (Å²) in [5.41, 5.74) is 1.01. The number of rotatable bonds is 1. The van der Waals surface area contributed by atoms with Gasteiger partial charge in [0.2, 0.25) is 0 Å². The van der Waals surface area contributed by atoms with Crippen LogP contribution >= 0.6 is 0 Å². The van der Waals surface area contributed by atoms with Crippen LogP contribution in [-0.4, -0.2) is 31.8 Å². The van der Waals surface area contributed by atoms with Gasteiger partial charge in [0.15, 0.2) is 5.65 Å². The normalized spacial score (nSPS) is 10.5. The molecule has 2 N–H and O–H groups in total. The lowest BCUT2D eigenvalue weighted by atomic mass is 9.83. The van der Waals surface area contributed by atoms with Gasteiger partial charge in [0.05, 0.1) is 6.20 Å². The van der Waals surface area contributed by atoms with Crippen LogP contribution in [0.15, 0.2) is 24.7 Å². The van der Waals surface area contributed by atoms with Crippen LogP contribution in [0.25, 0.3) is 5.65 Å². The number of aromatic nitrogens is 3. The van der Waals surface area contributed by atoms with Crippen molar-refractivity contribution in [1.82, 2.24) is 14.6 Å². The van der Waals surface area contributed by atoms with Gasteiger partial charge in [0.1, 0.15) is 0 Å². The lowest BCUT2D eigenvalue weighted by molar-refractivity contribution is 0.425. The average Bonchev–Trinajstić information content (AvgIpc) is 2.49. The van der Waals surface area contributed by atoms with Gasteiger partial charge < -0.3 is 10.0 Å². The lowest BCUT2D eigenvalue weighted by Gasteiger charge is -1.98. The van der Waals surface area contributed by atoms with Crippen LogP contribution in [0.3, 0.4) is 0 Å². The van der Waals surface area contributed by atoms with Gasteiger partial charge >= 0.3 is 7.12 Å². The van der Waals surface area contributed by atoms with Crippen LogP contribution < -0.4 is 5.46 Å². The van der Waals surface area contributed by atoms with Crippen molar-refractivity contribution in [3.8, 4) is 0 Å². The van der Waals surface area contributed by atoms with Gasteiger partial charge in [0, 0.05) is 23.9 Å². The molecule has 12 heavy (non-hydrogen) atoms. The zero-order valence-corrected chi connectivity index (χ0v) is 6.12. The fourth-order valence-corrected chi connectivity index (χ4v) is 0.958. The third kappa shape index (κ3) is 1.07. The molecular formula is C6H6BN3O2. The van der Waals surface area contributed by atoms with E-state index < -0.39 is 7.12 Å². The molecule has 0 spiro atoms. The molecule has 0 radical (unpaired) electrons. The standard InChI is InChI=1S/C6H6BN3O2/c11-7(12)5-3-8-6-1-2-9-10(6)4-5/h1-4,11-12H. The van der Waals surface area contributed by atoms with Crippen LogP contribution in [0.1, 0.15) is 0 Å². The Balaban J connectivity index is 2.60. The first kappa shape index (κ1) is 7.26. The maximum absolute atomic E-state index is 8.80. The summed E-state index contributed by atoms with van der Waals surface area (Å²) in [5, 5.41) is 21.5. The van der Waals surface area contributed by atoms with Gasteiger partial charge in [0.25, 0.3) is 0 Å². The molecule has 0 bridgehead atoms. The zero-order valence-electron chi connectivity index (χ0n) is 6.12. The molecule has 2 aromatic heterocycles. The summed E-state index contributed by atoms with van der Waals surface area (Å²) < 4.78 is 1.48. The summed E-state index contributed by atoms with van der Waals surface area (Å²) in [4.78, 5) is 3.94. The Bertz CT molecular complexity index is 400. The van der Waals surface area contributed by atoms with Gasteiger partial charge in [-0.25, -0.2) is 9.50 Å². The molecule has 0 aromatic carbocycles. The highest BCUT2D eigenvalue weighted by Gasteiger charge is 2.11. The van der Waals surface area contributed by atoms with Crippen molar-refractivity contribution in [3.63, 3.8) is 0 Å². The fraction of sp³-hybridized carbons (Fsp3) is 0. The van der Waals surface area contributed by atoms with Crippen LogP contribution in [-0.2, 0) is 0 Å². The predicted molar refractivity (Wildman–Crippen MR) is 42.8 cm³/mol. The summed E-state index contributed by atoms with van der Waals surface area (Å²) >= 11 is 0. The van der Waals surface area contributed by atoms with Crippen molar-refractivity contribution in [2.45, 2.75) is 0 Å². The van der Waals surface area contributed by atoms with E-state index in [-0.39, 0.29) is 0 Å². The average molecular weight is 163 g/mol. The quantitative estimate of drug-likeness (QED) is 0.497. The molecule has 0 saturated carbocycles. The first-order chi connectivity index (χ1) is 5.77. The molecule has 0 aliphatic heterocycles. The van der Waals surface area contributed by atoms with E-state index >= 15 is 0 Å². The Kier molecular flexibility index (Phi) is 1.56. The van der Waals surface area contributed by atoms with E-state index in [1.165, 1.54) is 16.9 Å². The van der Waals surface area contributed by atoms with Crippen LogP contribution in [0.4, 0.5) is 0 Å². The minimum Gasteiger partial charge on any atom is -0.423 e. The van der Waals surface area contributed by atoms with Crippen molar-refractivity contribution >= 4 is 18.2 Å². The van der Waals surface area contributed by atoms with Crippen molar-refractivity contribution in [2.75, 3.05) is 0 Å². The van der Waals surface area contributed by atoms with E-state index in [1.807, 2.05) is 0 Å². The number of nitrogens with zero attached hydrogens (tertiary/aromatic N) is 3. The van der Waals surface area contributed by atoms with Crippen LogP contribution in [0.5, 0.6) is 0 Å². The fourth-order valence-electron chi connectivity index (χ4n) is 0.958. The Morgan fingerprint density at radius 3 is 3.00 bits per heavy atom. The molecule has 0 fully saturated rings. The Morgan fingerprint density at radius 2 is 2.25 bits per heavy atom. The van der Waals surface area contributed by atoms with E-state index in [2.05, 4.69) is 10.1 Å². The van der Waals surface area contributed by atoms with Crippen LogP contribution in [0, 0.1) is 0 Å². The van der Waals surface area contributed by atoms with E-state index in [9.17, 15) is 0 Å². The molecule has 0 aliphatic rings. The predicted octanol–water partition coefficient (Wildman–Crippen LogP) is -1.59. The SMILES string of the molecule is OB(O)c1cnc2ccnn2c1. The van der Waals surface area contributed by atoms with Crippen molar-refractivity contribution in [3.05, 3.63) is 24.7 Å². The second kappa shape index (κ2) is 2.58. The number of fused-ring (bicyclic) bond motifs is 1. The third-order valence-electron chi connectivity index (χ3n) is 1.56. The minimum absolute atomic E-state index is 0.325. The molecule has 0 saturated heterocycles. The van der Waals surface area contributed by atoms with Gasteiger partial charge in [-0.2, -0.15) is 5.10 Å². The Morgan fingerprint density at radius 1 is 1.42 bits per heavy atom. The smallest absolute Gasteiger partial charge is 0.423 e. The number of hydrogen-bond donors (Lipinski definition) is 2. The zero-order chi connectivity index (χ0) is 8.55. The van der Waals surface area contributed by atoms with E-state index in [4.69, 9.17) is 10.0 Å². The molecular weight excluding hydrogens is 157 g/mol. The molecule has 2 aromatic rings. The molecule has 2 rings (SSSR count). The van der Waals surface area contributed by atoms with E-state index in [0.29, 0.717) is 11.1 Å².